The maximum Gasteiger partial charge on any atom is 0.335 e. The Hall–Kier alpha value is -4.31. The summed E-state index contributed by atoms with van der Waals surface area (Å²) in [7, 11) is 0. The van der Waals surface area contributed by atoms with Gasteiger partial charge in [-0.25, -0.2) is 4.79 Å². The van der Waals surface area contributed by atoms with E-state index in [-0.39, 0.29) is 41.0 Å². The number of benzene rings is 2. The Labute approximate surface area is 211 Å². The molecule has 2 aromatic heterocycles. The maximum absolute atomic E-state index is 13.8. The minimum Gasteiger partial charge on any atom is -0.457 e. The number of carbonyl (C=O) groups excluding carboxylic acids is 1. The Balaban J connectivity index is 1.58. The number of ether oxygens (including phenoxy) is 1. The second kappa shape index (κ2) is 9.38. The molecule has 0 spiro atoms. The van der Waals surface area contributed by atoms with Crippen LogP contribution in [0, 0.1) is 0 Å². The fraction of sp³-hybridized carbons (Fsp3) is 0.200. The molecule has 1 amide bonds. The van der Waals surface area contributed by atoms with Crippen LogP contribution in [0.15, 0.2) is 71.0 Å². The van der Waals surface area contributed by atoms with E-state index in [2.05, 4.69) is 16.5 Å². The number of rotatable bonds is 5. The maximum atomic E-state index is 13.8. The van der Waals surface area contributed by atoms with Gasteiger partial charge in [-0.05, 0) is 49.2 Å². The van der Waals surface area contributed by atoms with Gasteiger partial charge in [0.2, 0.25) is 5.95 Å². The van der Waals surface area contributed by atoms with Gasteiger partial charge in [0, 0.05) is 13.1 Å². The van der Waals surface area contributed by atoms with Crippen LogP contribution in [-0.2, 0) is 4.79 Å². The number of piperidine rings is 1. The number of halogens is 1. The molecule has 1 atom stereocenters. The van der Waals surface area contributed by atoms with Crippen LogP contribution < -0.4 is 21.9 Å². The SMILES string of the molecule is C=C(Cl)C(=O)N1CCC[C@@H](n2c(=O)n(-c3ccc(Oc4ccccc4)cc3)c3c(N)nc(N)nc32)C1. The van der Waals surface area contributed by atoms with E-state index in [9.17, 15) is 9.59 Å². The highest BCUT2D eigenvalue weighted by molar-refractivity contribution is 6.41. The zero-order chi connectivity index (χ0) is 25.4. The van der Waals surface area contributed by atoms with Gasteiger partial charge >= 0.3 is 5.69 Å². The van der Waals surface area contributed by atoms with E-state index in [4.69, 9.17) is 27.8 Å². The zero-order valence-corrected chi connectivity index (χ0v) is 20.1. The number of carbonyl (C=O) groups is 1. The standard InChI is InChI=1S/C25H24ClN7O3/c1-15(26)23(34)31-13-5-6-17(14-31)33-22-20(21(27)29-24(28)30-22)32(25(33)35)16-9-11-19(12-10-16)36-18-7-3-2-4-8-18/h2-4,7-12,17H,1,5-6,13-14H2,(H4,27,28,29,30)/t17-/m1/s1. The molecule has 1 aliphatic heterocycles. The summed E-state index contributed by atoms with van der Waals surface area (Å²) in [6.45, 7) is 4.33. The molecule has 0 unspecified atom stereocenters. The Morgan fingerprint density at radius 1 is 1.06 bits per heavy atom. The van der Waals surface area contributed by atoms with Crippen molar-refractivity contribution in [1.82, 2.24) is 24.0 Å². The summed E-state index contributed by atoms with van der Waals surface area (Å²) in [5.41, 5.74) is 13.0. The van der Waals surface area contributed by atoms with Crippen molar-refractivity contribution in [2.75, 3.05) is 24.6 Å². The lowest BCUT2D eigenvalue weighted by Gasteiger charge is -2.32. The van der Waals surface area contributed by atoms with E-state index >= 15 is 0 Å². The highest BCUT2D eigenvalue weighted by Crippen LogP contribution is 2.29. The Bertz CT molecular complexity index is 1510. The first kappa shape index (κ1) is 23.4. The zero-order valence-electron chi connectivity index (χ0n) is 19.3. The second-order valence-electron chi connectivity index (χ2n) is 8.49. The Morgan fingerprint density at radius 2 is 1.75 bits per heavy atom. The molecule has 5 rings (SSSR count). The van der Waals surface area contributed by atoms with Crippen molar-refractivity contribution in [2.45, 2.75) is 18.9 Å². The topological polar surface area (TPSA) is 134 Å². The van der Waals surface area contributed by atoms with Gasteiger partial charge in [0.15, 0.2) is 11.5 Å². The lowest BCUT2D eigenvalue weighted by Crippen LogP contribution is -2.43. The molecule has 0 saturated carbocycles. The van der Waals surface area contributed by atoms with Gasteiger partial charge in [-0.3, -0.25) is 13.9 Å². The normalized spacial score (nSPS) is 15.7. The Morgan fingerprint density at radius 3 is 2.44 bits per heavy atom. The van der Waals surface area contributed by atoms with Crippen LogP contribution in [0.25, 0.3) is 16.9 Å². The number of hydrogen-bond donors (Lipinski definition) is 2. The van der Waals surface area contributed by atoms with Crippen LogP contribution in [0.2, 0.25) is 0 Å². The number of fused-ring (bicyclic) bond motifs is 1. The number of nitrogens with two attached hydrogens (primary N) is 2. The summed E-state index contributed by atoms with van der Waals surface area (Å²) >= 11 is 5.85. The molecule has 4 aromatic rings. The van der Waals surface area contributed by atoms with E-state index in [0.29, 0.717) is 47.7 Å². The molecule has 0 aliphatic carbocycles. The largest absolute Gasteiger partial charge is 0.457 e. The molecule has 1 aliphatic rings. The number of likely N-dealkylation sites (tertiary alicyclic amines) is 1. The van der Waals surface area contributed by atoms with Crippen LogP contribution in [0.5, 0.6) is 11.5 Å². The van der Waals surface area contributed by atoms with Gasteiger partial charge in [-0.1, -0.05) is 36.4 Å². The number of aromatic nitrogens is 4. The van der Waals surface area contributed by atoms with Gasteiger partial charge in [0.1, 0.15) is 17.0 Å². The first-order valence-electron chi connectivity index (χ1n) is 11.4. The Kier molecular flexibility index (Phi) is 6.11. The van der Waals surface area contributed by atoms with E-state index in [1.807, 2.05) is 30.3 Å². The first-order valence-corrected chi connectivity index (χ1v) is 11.7. The lowest BCUT2D eigenvalue weighted by molar-refractivity contribution is -0.128. The molecule has 0 bridgehead atoms. The van der Waals surface area contributed by atoms with E-state index < -0.39 is 0 Å². The van der Waals surface area contributed by atoms with Gasteiger partial charge in [-0.15, -0.1) is 0 Å². The second-order valence-corrected chi connectivity index (χ2v) is 8.94. The van der Waals surface area contributed by atoms with Crippen molar-refractivity contribution in [3.63, 3.8) is 0 Å². The van der Waals surface area contributed by atoms with Crippen molar-refractivity contribution in [2.24, 2.45) is 0 Å². The smallest absolute Gasteiger partial charge is 0.335 e. The van der Waals surface area contributed by atoms with Crippen molar-refractivity contribution >= 4 is 40.4 Å². The summed E-state index contributed by atoms with van der Waals surface area (Å²) in [5.74, 6) is 0.980. The highest BCUT2D eigenvalue weighted by Gasteiger charge is 2.30. The number of nitrogen functional groups attached to an aromatic ring is 2. The van der Waals surface area contributed by atoms with E-state index in [1.165, 1.54) is 9.13 Å². The number of para-hydroxylation sites is 1. The third kappa shape index (κ3) is 4.27. The molecule has 1 fully saturated rings. The number of imidazole rings is 1. The molecule has 1 saturated heterocycles. The average Bonchev–Trinajstić information content (AvgIpc) is 3.16. The van der Waals surface area contributed by atoms with Crippen molar-refractivity contribution < 1.29 is 9.53 Å². The third-order valence-corrected chi connectivity index (χ3v) is 6.28. The van der Waals surface area contributed by atoms with E-state index in [0.717, 1.165) is 0 Å². The number of nitrogens with zero attached hydrogens (tertiary/aromatic N) is 5. The fourth-order valence-electron chi connectivity index (χ4n) is 4.53. The van der Waals surface area contributed by atoms with Crippen LogP contribution >= 0.6 is 11.6 Å². The van der Waals surface area contributed by atoms with Crippen LogP contribution in [0.3, 0.4) is 0 Å². The third-order valence-electron chi connectivity index (χ3n) is 6.11. The van der Waals surface area contributed by atoms with Crippen LogP contribution in [0.4, 0.5) is 11.8 Å². The lowest BCUT2D eigenvalue weighted by atomic mass is 10.1. The van der Waals surface area contributed by atoms with Crippen LogP contribution in [-0.4, -0.2) is 43.0 Å². The summed E-state index contributed by atoms with van der Waals surface area (Å²) in [4.78, 5) is 36.3. The summed E-state index contributed by atoms with van der Waals surface area (Å²) < 4.78 is 8.86. The van der Waals surface area contributed by atoms with Gasteiger partial charge in [0.05, 0.1) is 16.8 Å². The van der Waals surface area contributed by atoms with Crippen molar-refractivity contribution in [3.8, 4) is 17.2 Å². The minimum absolute atomic E-state index is 0.0459. The molecule has 0 radical (unpaired) electrons. The van der Waals surface area contributed by atoms with E-state index in [1.54, 1.807) is 29.2 Å². The monoisotopic (exact) mass is 505 g/mol. The number of hydrogen-bond acceptors (Lipinski definition) is 7. The summed E-state index contributed by atoms with van der Waals surface area (Å²) in [5, 5.41) is -0.0703. The molecule has 4 N–H and O–H groups in total. The minimum atomic E-state index is -0.364. The average molecular weight is 506 g/mol. The summed E-state index contributed by atoms with van der Waals surface area (Å²) in [6.07, 6.45) is 1.34. The predicted octanol–water partition coefficient (Wildman–Crippen LogP) is 3.45. The van der Waals surface area contributed by atoms with Gasteiger partial charge in [0.25, 0.3) is 5.91 Å². The number of anilines is 2. The van der Waals surface area contributed by atoms with Crippen molar-refractivity contribution in [3.05, 3.63) is 76.7 Å². The van der Waals surface area contributed by atoms with Gasteiger partial charge < -0.3 is 21.1 Å². The molecule has 3 heterocycles. The molecule has 11 heteroatoms. The van der Waals surface area contributed by atoms with Crippen molar-refractivity contribution in [1.29, 1.82) is 0 Å². The molecule has 10 nitrogen and oxygen atoms in total. The highest BCUT2D eigenvalue weighted by atomic mass is 35.5. The number of amides is 1. The molecular formula is C25H24ClN7O3. The molecule has 36 heavy (non-hydrogen) atoms. The van der Waals surface area contributed by atoms with Crippen LogP contribution in [0.1, 0.15) is 18.9 Å². The summed E-state index contributed by atoms with van der Waals surface area (Å²) in [6, 6.07) is 16.1. The van der Waals surface area contributed by atoms with Gasteiger partial charge in [-0.2, -0.15) is 9.97 Å². The molecular weight excluding hydrogens is 482 g/mol. The molecule has 184 valence electrons. The predicted molar refractivity (Wildman–Crippen MR) is 138 cm³/mol. The fourth-order valence-corrected chi connectivity index (χ4v) is 4.65. The molecule has 2 aromatic carbocycles. The first-order chi connectivity index (χ1) is 17.3. The quantitative estimate of drug-likeness (QED) is 0.396.